The molecule has 2 N–H and O–H groups in total. The normalized spacial score (nSPS) is 18.2. The maximum Gasteiger partial charge on any atom is 0.312 e. The van der Waals surface area contributed by atoms with Crippen LogP contribution in [0.4, 0.5) is 5.69 Å². The van der Waals surface area contributed by atoms with E-state index in [0.29, 0.717) is 22.2 Å². The van der Waals surface area contributed by atoms with E-state index in [-0.39, 0.29) is 30.0 Å². The van der Waals surface area contributed by atoms with Gasteiger partial charge in [-0.25, -0.2) is 0 Å². The topological polar surface area (TPSA) is 84.2 Å². The molecule has 0 aliphatic carbocycles. The molecule has 0 fully saturated rings. The van der Waals surface area contributed by atoms with Crippen LogP contribution < -0.4 is 5.32 Å². The van der Waals surface area contributed by atoms with Crippen molar-refractivity contribution < 1.29 is 14.3 Å². The Hall–Kier alpha value is -2.32. The van der Waals surface area contributed by atoms with Gasteiger partial charge in [-0.1, -0.05) is 27.7 Å². The van der Waals surface area contributed by atoms with Gasteiger partial charge in [-0.2, -0.15) is 0 Å². The van der Waals surface area contributed by atoms with Crippen molar-refractivity contribution >= 4 is 51.1 Å². The first kappa shape index (κ1) is 18.1. The number of thioether (sulfide) groups is 1. The first-order valence-corrected chi connectivity index (χ1v) is 10.1. The third-order valence-electron chi connectivity index (χ3n) is 4.55. The number of amides is 1. The Labute approximate surface area is 168 Å². The van der Waals surface area contributed by atoms with Crippen LogP contribution in [0.5, 0.6) is 0 Å². The third-order valence-corrected chi connectivity index (χ3v) is 6.05. The molecule has 0 saturated heterocycles. The van der Waals surface area contributed by atoms with Crippen LogP contribution in [0.3, 0.4) is 0 Å². The number of hydrogen-bond acceptors (Lipinski definition) is 5. The molecular formula is C19H16BrN3O3S. The lowest BCUT2D eigenvalue weighted by molar-refractivity contribution is -0.139. The maximum absolute atomic E-state index is 12.3. The van der Waals surface area contributed by atoms with Crippen molar-refractivity contribution in [3.8, 4) is 0 Å². The number of aryl methyl sites for hydroxylation is 1. The van der Waals surface area contributed by atoms with Crippen LogP contribution in [-0.2, 0) is 14.3 Å². The Morgan fingerprint density at radius 1 is 1.33 bits per heavy atom. The summed E-state index contributed by atoms with van der Waals surface area (Å²) in [4.78, 5) is 24.3. The highest BCUT2D eigenvalue weighted by Gasteiger charge is 2.41. The number of halogens is 1. The number of hydrogen-bond donors (Lipinski definition) is 2. The molecule has 27 heavy (non-hydrogen) atoms. The van der Waals surface area contributed by atoms with Gasteiger partial charge in [0.2, 0.25) is 5.91 Å². The Balaban J connectivity index is 1.52. The highest BCUT2D eigenvalue weighted by molar-refractivity contribution is 9.10. The summed E-state index contributed by atoms with van der Waals surface area (Å²) < 4.78 is 8.16. The summed E-state index contributed by atoms with van der Waals surface area (Å²) in [6, 6.07) is 11.2. The zero-order valence-corrected chi connectivity index (χ0v) is 16.8. The predicted octanol–water partition coefficient (Wildman–Crippen LogP) is 4.01. The van der Waals surface area contributed by atoms with E-state index in [1.54, 1.807) is 12.1 Å². The lowest BCUT2D eigenvalue weighted by Crippen LogP contribution is -2.21. The Bertz CT molecular complexity index is 994. The van der Waals surface area contributed by atoms with Gasteiger partial charge >= 0.3 is 5.97 Å². The van der Waals surface area contributed by atoms with Crippen molar-refractivity contribution in [1.29, 1.82) is 5.41 Å². The fourth-order valence-electron chi connectivity index (χ4n) is 3.35. The summed E-state index contributed by atoms with van der Waals surface area (Å²) in [6.07, 6.45) is 0.219. The van der Waals surface area contributed by atoms with E-state index >= 15 is 0 Å². The van der Waals surface area contributed by atoms with E-state index in [1.807, 2.05) is 35.8 Å². The van der Waals surface area contributed by atoms with E-state index in [1.165, 1.54) is 0 Å². The molecule has 4 rings (SSSR count). The van der Waals surface area contributed by atoms with Crippen LogP contribution in [0.1, 0.15) is 23.7 Å². The summed E-state index contributed by atoms with van der Waals surface area (Å²) in [5.41, 5.74) is 3.26. The summed E-state index contributed by atoms with van der Waals surface area (Å²) in [7, 11) is 0. The number of esters is 1. The zero-order chi connectivity index (χ0) is 19.1. The lowest BCUT2D eigenvalue weighted by Gasteiger charge is -2.21. The molecule has 2 aliphatic heterocycles. The smallest absolute Gasteiger partial charge is 0.312 e. The number of rotatable bonds is 4. The molecule has 3 heterocycles. The van der Waals surface area contributed by atoms with Crippen LogP contribution in [0.2, 0.25) is 0 Å². The number of fused-ring (bicyclic) bond motifs is 3. The highest BCUT2D eigenvalue weighted by atomic mass is 79.9. The molecule has 1 atom stereocenters. The number of anilines is 1. The Morgan fingerprint density at radius 2 is 2.07 bits per heavy atom. The molecule has 138 valence electrons. The van der Waals surface area contributed by atoms with Crippen molar-refractivity contribution in [2.24, 2.45) is 0 Å². The van der Waals surface area contributed by atoms with E-state index in [9.17, 15) is 9.59 Å². The molecule has 0 spiro atoms. The molecule has 1 unspecified atom stereocenters. The highest BCUT2D eigenvalue weighted by Crippen LogP contribution is 2.44. The molecule has 1 aromatic heterocycles. The number of ether oxygens (including phenoxy) is 1. The van der Waals surface area contributed by atoms with Gasteiger partial charge in [-0.05, 0) is 43.3 Å². The van der Waals surface area contributed by atoms with Crippen molar-refractivity contribution in [3.05, 3.63) is 62.9 Å². The third kappa shape index (κ3) is 3.35. The first-order valence-electron chi connectivity index (χ1n) is 8.34. The minimum Gasteiger partial charge on any atom is -0.419 e. The summed E-state index contributed by atoms with van der Waals surface area (Å²) in [5.74, 6) is -0.297. The molecule has 2 aliphatic rings. The average Bonchev–Trinajstić information content (AvgIpc) is 3.14. The van der Waals surface area contributed by atoms with Gasteiger partial charge in [0, 0.05) is 27.5 Å². The quantitative estimate of drug-likeness (QED) is 0.696. The van der Waals surface area contributed by atoms with Gasteiger partial charge < -0.3 is 14.6 Å². The van der Waals surface area contributed by atoms with Crippen molar-refractivity contribution in [1.82, 2.24) is 4.57 Å². The van der Waals surface area contributed by atoms with Crippen molar-refractivity contribution in [3.63, 3.8) is 0 Å². The maximum atomic E-state index is 12.3. The number of allylic oxidation sites excluding steroid dienone is 1. The molecule has 6 nitrogen and oxygen atoms in total. The van der Waals surface area contributed by atoms with Crippen LogP contribution in [0.15, 0.2) is 51.5 Å². The Morgan fingerprint density at radius 3 is 2.81 bits per heavy atom. The average molecular weight is 446 g/mol. The predicted molar refractivity (Wildman–Crippen MR) is 108 cm³/mol. The van der Waals surface area contributed by atoms with Crippen LogP contribution >= 0.6 is 27.7 Å². The summed E-state index contributed by atoms with van der Waals surface area (Å²) >= 11 is 4.51. The second-order valence-electron chi connectivity index (χ2n) is 6.36. The lowest BCUT2D eigenvalue weighted by atomic mass is 9.94. The number of nitrogens with one attached hydrogen (secondary N) is 2. The van der Waals surface area contributed by atoms with Gasteiger partial charge in [0.1, 0.15) is 5.84 Å². The van der Waals surface area contributed by atoms with Crippen molar-refractivity contribution in [2.45, 2.75) is 19.3 Å². The standard InChI is InChI=1S/C19H16BrN3O3S/c1-10-2-7-14-13-8-16(25)26-19(17(13)18(21)23(10)14)27-9-15(24)22-12-5-3-11(20)4-6-12/h2-7,13,21H,8-9H2,1H3,(H,22,24). The minimum absolute atomic E-state index is 0.0933. The largest absolute Gasteiger partial charge is 0.419 e. The van der Waals surface area contributed by atoms with Crippen molar-refractivity contribution in [2.75, 3.05) is 11.1 Å². The minimum atomic E-state index is -0.334. The molecule has 1 amide bonds. The number of benzene rings is 1. The molecule has 8 heteroatoms. The van der Waals surface area contributed by atoms with Crippen LogP contribution in [0.25, 0.3) is 0 Å². The molecule has 0 radical (unpaired) electrons. The zero-order valence-electron chi connectivity index (χ0n) is 14.4. The SMILES string of the molecule is Cc1ccc2n1C(=N)C1=C(SCC(=O)Nc3ccc(Br)cc3)OC(=O)CC12. The van der Waals surface area contributed by atoms with E-state index in [0.717, 1.165) is 27.6 Å². The number of carbonyl (C=O) groups is 2. The van der Waals surface area contributed by atoms with E-state index in [2.05, 4.69) is 21.2 Å². The summed E-state index contributed by atoms with van der Waals surface area (Å²) in [5, 5.41) is 11.7. The second-order valence-corrected chi connectivity index (χ2v) is 8.22. The number of cyclic esters (lactones) is 1. The van der Waals surface area contributed by atoms with Gasteiger partial charge in [-0.3, -0.25) is 15.0 Å². The Kier molecular flexibility index (Phi) is 4.69. The fourth-order valence-corrected chi connectivity index (χ4v) is 4.50. The molecule has 0 bridgehead atoms. The van der Waals surface area contributed by atoms with Crippen LogP contribution in [0, 0.1) is 12.3 Å². The molecule has 2 aromatic rings. The van der Waals surface area contributed by atoms with Crippen LogP contribution in [-0.4, -0.2) is 28.0 Å². The van der Waals surface area contributed by atoms with Gasteiger partial charge in [0.25, 0.3) is 0 Å². The van der Waals surface area contributed by atoms with E-state index < -0.39 is 0 Å². The van der Waals surface area contributed by atoms with Gasteiger partial charge in [-0.15, -0.1) is 0 Å². The fraction of sp³-hybridized carbons (Fsp3) is 0.211. The van der Waals surface area contributed by atoms with E-state index in [4.69, 9.17) is 10.1 Å². The number of carbonyl (C=O) groups excluding carboxylic acids is 2. The molecule has 1 aromatic carbocycles. The molecular weight excluding hydrogens is 430 g/mol. The van der Waals surface area contributed by atoms with Gasteiger partial charge in [0.15, 0.2) is 5.09 Å². The number of nitrogens with zero attached hydrogens (tertiary/aromatic N) is 1. The first-order chi connectivity index (χ1) is 12.9. The molecule has 0 saturated carbocycles. The second kappa shape index (κ2) is 7.01. The monoisotopic (exact) mass is 445 g/mol. The number of aromatic nitrogens is 1. The summed E-state index contributed by atoms with van der Waals surface area (Å²) in [6.45, 7) is 1.93. The van der Waals surface area contributed by atoms with Gasteiger partial charge in [0.05, 0.1) is 17.7 Å².